The Kier molecular flexibility index (Phi) is 14.7. The molecule has 0 aliphatic heterocycles. The van der Waals surface area contributed by atoms with E-state index in [1.807, 2.05) is 0 Å². The zero-order chi connectivity index (χ0) is 70.8. The summed E-state index contributed by atoms with van der Waals surface area (Å²) in [5, 5.41) is 18.0. The van der Waals surface area contributed by atoms with Gasteiger partial charge in [0.2, 0.25) is 0 Å². The molecule has 19 aromatic rings. The Hall–Kier alpha value is -13.0. The molecule has 0 atom stereocenters. The maximum atomic E-state index is 2.39. The first-order valence-corrected chi connectivity index (χ1v) is 37.3. The molecule has 2 aliphatic carbocycles. The van der Waals surface area contributed by atoms with E-state index in [1.165, 1.54) is 209 Å². The van der Waals surface area contributed by atoms with Gasteiger partial charge in [0.05, 0.1) is 0 Å². The van der Waals surface area contributed by atoms with Crippen molar-refractivity contribution in [2.75, 3.05) is 0 Å². The van der Waals surface area contributed by atoms with Crippen LogP contribution in [0.4, 0.5) is 0 Å². The average Bonchev–Trinajstić information content (AvgIpc) is 1.52. The smallest absolute Gasteiger partial charge is 0.0165 e. The fourth-order valence-electron chi connectivity index (χ4n) is 18.7. The molecule has 21 rings (SSSR count). The van der Waals surface area contributed by atoms with Crippen LogP contribution >= 0.6 is 0 Å². The SMILES string of the molecule is CC1(C)c2ccc3ccccc3c2-c2cccc(-c3ccc(-c4c5ccccc5c(-c5ccc(-c6ccccc6)cc5)c5ccccc45)cc3)c21.CC1(C)c2ccc3ccccc3c2-c2cccc(-c3ccc(-c4c5ccccc5c(-c5cccc(-c6cccc7ccccc67)c5)c5ccccc45)cc3)c21. The van der Waals surface area contributed by atoms with Gasteiger partial charge in [-0.3, -0.25) is 0 Å². The molecule has 498 valence electrons. The molecule has 19 aromatic carbocycles. The van der Waals surface area contributed by atoms with Crippen molar-refractivity contribution in [3.8, 4) is 111 Å². The van der Waals surface area contributed by atoms with Gasteiger partial charge in [-0.05, 0) is 215 Å². The molecule has 0 aromatic heterocycles. The molecule has 0 bridgehead atoms. The highest BCUT2D eigenvalue weighted by Crippen LogP contribution is 2.57. The standard InChI is InChI=1S/C55H38.C51H36/c1-55(2)50-33-32-36-15-4-6-20-43(36)53(50)49-27-13-26-44(54(49)55)37-28-30-38(31-29-37)51-45-21-7-9-23-47(45)52(48-24-10-8-22-46(48)51)40-18-11-17-39(34-40)42-25-12-16-35-14-3-5-19-41(35)42;1-51(2)46-32-31-35-15-6-7-16-39(35)49(46)45-22-12-21-40(50(45)51)36-25-29-38(30-26-36)48-43-19-10-8-17-41(43)47(42-18-9-11-20-44(42)48)37-27-23-34(24-28-37)33-13-4-3-5-14-33/h3-34H,1-2H3;3-32H,1-2H3. The summed E-state index contributed by atoms with van der Waals surface area (Å²) in [7, 11) is 0. The molecule has 0 saturated heterocycles. The quantitative estimate of drug-likeness (QED) is 0.133. The molecule has 0 N–H and O–H groups in total. The number of rotatable bonds is 8. The predicted octanol–water partition coefficient (Wildman–Crippen LogP) is 29.4. The second kappa shape index (κ2) is 24.9. The Morgan fingerprint density at radius 1 is 0.151 bits per heavy atom. The van der Waals surface area contributed by atoms with Crippen LogP contribution in [0.1, 0.15) is 49.9 Å². The van der Waals surface area contributed by atoms with Crippen LogP contribution in [0.5, 0.6) is 0 Å². The lowest BCUT2D eigenvalue weighted by Crippen LogP contribution is -2.16. The molecule has 0 fully saturated rings. The average molecular weight is 1350 g/mol. The van der Waals surface area contributed by atoms with Crippen LogP contribution in [0.15, 0.2) is 376 Å². The molecule has 106 heavy (non-hydrogen) atoms. The summed E-state index contributed by atoms with van der Waals surface area (Å²) < 4.78 is 0. The molecular weight excluding hydrogens is 1270 g/mol. The largest absolute Gasteiger partial charge is 0.0622 e. The van der Waals surface area contributed by atoms with E-state index in [0.29, 0.717) is 0 Å². The van der Waals surface area contributed by atoms with Crippen LogP contribution < -0.4 is 0 Å². The highest BCUT2D eigenvalue weighted by Gasteiger charge is 2.40. The van der Waals surface area contributed by atoms with Gasteiger partial charge < -0.3 is 0 Å². The maximum absolute atomic E-state index is 2.39. The van der Waals surface area contributed by atoms with Crippen LogP contribution in [-0.2, 0) is 10.8 Å². The minimum atomic E-state index is -0.114. The van der Waals surface area contributed by atoms with Crippen LogP contribution in [0, 0.1) is 0 Å². The van der Waals surface area contributed by atoms with Crippen molar-refractivity contribution >= 4 is 75.4 Å². The summed E-state index contributed by atoms with van der Waals surface area (Å²) in [5.41, 5.74) is 31.1. The zero-order valence-corrected chi connectivity index (χ0v) is 59.8. The van der Waals surface area contributed by atoms with Crippen molar-refractivity contribution in [1.29, 1.82) is 0 Å². The molecule has 2 aliphatic rings. The summed E-state index contributed by atoms with van der Waals surface area (Å²) in [6.07, 6.45) is 0. The van der Waals surface area contributed by atoms with E-state index in [2.05, 4.69) is 404 Å². The molecule has 0 spiro atoms. The van der Waals surface area contributed by atoms with E-state index in [1.54, 1.807) is 0 Å². The van der Waals surface area contributed by atoms with Crippen LogP contribution in [0.25, 0.3) is 187 Å². The van der Waals surface area contributed by atoms with Crippen molar-refractivity contribution < 1.29 is 0 Å². The van der Waals surface area contributed by atoms with Gasteiger partial charge >= 0.3 is 0 Å². The van der Waals surface area contributed by atoms with E-state index in [4.69, 9.17) is 0 Å². The highest BCUT2D eigenvalue weighted by atomic mass is 14.4. The van der Waals surface area contributed by atoms with E-state index in [-0.39, 0.29) is 10.8 Å². The molecule has 0 nitrogen and oxygen atoms in total. The Bertz CT molecular complexity index is 6640. The number of fused-ring (bicyclic) bond motifs is 15. The van der Waals surface area contributed by atoms with Crippen LogP contribution in [-0.4, -0.2) is 0 Å². The Balaban J connectivity index is 0.000000141. The Labute approximate surface area is 619 Å². The third-order valence-electron chi connectivity index (χ3n) is 23.5. The third kappa shape index (κ3) is 9.96. The second-order valence-electron chi connectivity index (χ2n) is 30.0. The molecule has 0 heterocycles. The monoisotopic (exact) mass is 1350 g/mol. The van der Waals surface area contributed by atoms with E-state index in [0.717, 1.165) is 0 Å². The van der Waals surface area contributed by atoms with Gasteiger partial charge in [-0.1, -0.05) is 398 Å². The lowest BCUT2D eigenvalue weighted by Gasteiger charge is -2.25. The van der Waals surface area contributed by atoms with Crippen LogP contribution in [0.3, 0.4) is 0 Å². The summed E-state index contributed by atoms with van der Waals surface area (Å²) in [6.45, 7) is 9.56. The highest BCUT2D eigenvalue weighted by molar-refractivity contribution is 6.23. The van der Waals surface area contributed by atoms with Gasteiger partial charge in [0.1, 0.15) is 0 Å². The van der Waals surface area contributed by atoms with E-state index in [9.17, 15) is 0 Å². The van der Waals surface area contributed by atoms with Crippen molar-refractivity contribution in [3.05, 3.63) is 398 Å². The Morgan fingerprint density at radius 2 is 0.415 bits per heavy atom. The Morgan fingerprint density at radius 3 is 0.830 bits per heavy atom. The van der Waals surface area contributed by atoms with Gasteiger partial charge in [-0.25, -0.2) is 0 Å². The number of hydrogen-bond donors (Lipinski definition) is 0. The first-order chi connectivity index (χ1) is 52.1. The van der Waals surface area contributed by atoms with Crippen molar-refractivity contribution in [2.24, 2.45) is 0 Å². The molecule has 0 unspecified atom stereocenters. The second-order valence-corrected chi connectivity index (χ2v) is 30.0. The zero-order valence-electron chi connectivity index (χ0n) is 59.8. The fourth-order valence-corrected chi connectivity index (χ4v) is 18.7. The van der Waals surface area contributed by atoms with Crippen molar-refractivity contribution in [2.45, 2.75) is 38.5 Å². The normalized spacial score (nSPS) is 13.1. The fraction of sp³-hybridized carbons (Fsp3) is 0.0566. The lowest BCUT2D eigenvalue weighted by molar-refractivity contribution is 0.662. The lowest BCUT2D eigenvalue weighted by atomic mass is 9.78. The topological polar surface area (TPSA) is 0 Å². The van der Waals surface area contributed by atoms with E-state index < -0.39 is 0 Å². The minimum Gasteiger partial charge on any atom is -0.0622 e. The summed E-state index contributed by atoms with van der Waals surface area (Å²) >= 11 is 0. The summed E-state index contributed by atoms with van der Waals surface area (Å²) in [6, 6.07) is 139. The predicted molar refractivity (Wildman–Crippen MR) is 454 cm³/mol. The van der Waals surface area contributed by atoms with Gasteiger partial charge in [0.15, 0.2) is 0 Å². The van der Waals surface area contributed by atoms with Gasteiger partial charge in [0, 0.05) is 10.8 Å². The van der Waals surface area contributed by atoms with Crippen molar-refractivity contribution in [3.63, 3.8) is 0 Å². The molecule has 0 saturated carbocycles. The van der Waals surface area contributed by atoms with Gasteiger partial charge in [0.25, 0.3) is 0 Å². The maximum Gasteiger partial charge on any atom is 0.0165 e. The summed E-state index contributed by atoms with van der Waals surface area (Å²) in [4.78, 5) is 0. The van der Waals surface area contributed by atoms with Gasteiger partial charge in [-0.2, -0.15) is 0 Å². The first-order valence-electron chi connectivity index (χ1n) is 37.3. The molecule has 0 radical (unpaired) electrons. The molecule has 0 amide bonds. The third-order valence-corrected chi connectivity index (χ3v) is 23.5. The van der Waals surface area contributed by atoms with Crippen molar-refractivity contribution in [1.82, 2.24) is 0 Å². The van der Waals surface area contributed by atoms with Crippen LogP contribution in [0.2, 0.25) is 0 Å². The summed E-state index contributed by atoms with van der Waals surface area (Å²) in [5.74, 6) is 0. The van der Waals surface area contributed by atoms with Gasteiger partial charge in [-0.15, -0.1) is 0 Å². The number of hydrogen-bond acceptors (Lipinski definition) is 0. The molecular formula is C106H74. The van der Waals surface area contributed by atoms with E-state index >= 15 is 0 Å². The number of benzene rings is 19. The first kappa shape index (κ1) is 62.8. The molecule has 0 heteroatoms. The minimum absolute atomic E-state index is 0.106.